The van der Waals surface area contributed by atoms with Gasteiger partial charge in [-0.3, -0.25) is 9.69 Å². The van der Waals surface area contributed by atoms with Gasteiger partial charge in [0.05, 0.1) is 13.2 Å². The first-order valence-corrected chi connectivity index (χ1v) is 7.82. The monoisotopic (exact) mass is 358 g/mol. The molecular weight excluding hydrogens is 339 g/mol. The summed E-state index contributed by atoms with van der Waals surface area (Å²) in [6.07, 6.45) is 0. The number of halogens is 2. The van der Waals surface area contributed by atoms with Crippen molar-refractivity contribution >= 4 is 21.8 Å². The maximum absolute atomic E-state index is 13.5. The Bertz CT molecular complexity index is 490. The Morgan fingerprint density at radius 3 is 2.95 bits per heavy atom. The van der Waals surface area contributed by atoms with E-state index >= 15 is 0 Å². The number of hydrogen-bond acceptors (Lipinski definition) is 3. The molecule has 1 N–H and O–H groups in total. The zero-order chi connectivity index (χ0) is 15.4. The van der Waals surface area contributed by atoms with E-state index in [9.17, 15) is 9.18 Å². The van der Waals surface area contributed by atoms with Crippen molar-refractivity contribution in [2.24, 2.45) is 0 Å². The third kappa shape index (κ3) is 4.76. The molecule has 0 bridgehead atoms. The van der Waals surface area contributed by atoms with Crippen LogP contribution in [-0.4, -0.2) is 42.6 Å². The summed E-state index contributed by atoms with van der Waals surface area (Å²) in [7, 11) is 0. The average Bonchev–Trinajstić information content (AvgIpc) is 2.37. The van der Waals surface area contributed by atoms with E-state index in [1.54, 1.807) is 0 Å². The van der Waals surface area contributed by atoms with Gasteiger partial charge in [0.25, 0.3) is 0 Å². The highest BCUT2D eigenvalue weighted by Gasteiger charge is 2.29. The van der Waals surface area contributed by atoms with Gasteiger partial charge in [0.15, 0.2) is 0 Å². The highest BCUT2D eigenvalue weighted by atomic mass is 79.9. The summed E-state index contributed by atoms with van der Waals surface area (Å²) in [5, 5.41) is 2.91. The van der Waals surface area contributed by atoms with Crippen LogP contribution in [0.15, 0.2) is 22.7 Å². The molecule has 0 aliphatic carbocycles. The number of amides is 1. The summed E-state index contributed by atoms with van der Waals surface area (Å²) in [6, 6.07) is 4.55. The molecule has 1 fully saturated rings. The Kier molecular flexibility index (Phi) is 5.72. The maximum atomic E-state index is 13.5. The van der Waals surface area contributed by atoms with Crippen molar-refractivity contribution in [1.82, 2.24) is 10.2 Å². The Labute approximate surface area is 132 Å². The van der Waals surface area contributed by atoms with Gasteiger partial charge < -0.3 is 10.1 Å². The topological polar surface area (TPSA) is 41.6 Å². The maximum Gasteiger partial charge on any atom is 0.239 e. The highest BCUT2D eigenvalue weighted by molar-refractivity contribution is 9.10. The highest BCUT2D eigenvalue weighted by Crippen LogP contribution is 2.18. The molecule has 21 heavy (non-hydrogen) atoms. The molecule has 1 saturated heterocycles. The molecule has 1 unspecified atom stereocenters. The molecule has 0 spiro atoms. The fraction of sp³-hybridized carbons (Fsp3) is 0.533. The molecule has 2 rings (SSSR count). The van der Waals surface area contributed by atoms with Gasteiger partial charge in [-0.05, 0) is 37.6 Å². The molecule has 0 radical (unpaired) electrons. The summed E-state index contributed by atoms with van der Waals surface area (Å²) < 4.78 is 19.6. The minimum absolute atomic E-state index is 0.0415. The first-order chi connectivity index (χ1) is 9.95. The Balaban J connectivity index is 2.09. The lowest BCUT2D eigenvalue weighted by molar-refractivity contribution is -0.133. The van der Waals surface area contributed by atoms with E-state index in [-0.39, 0.29) is 23.8 Å². The summed E-state index contributed by atoms with van der Waals surface area (Å²) in [6.45, 7) is 5.99. The van der Waals surface area contributed by atoms with Crippen LogP contribution in [0, 0.1) is 5.82 Å². The van der Waals surface area contributed by atoms with Crippen LogP contribution in [0.5, 0.6) is 0 Å². The number of benzene rings is 1. The van der Waals surface area contributed by atoms with Gasteiger partial charge in [-0.2, -0.15) is 0 Å². The van der Waals surface area contributed by atoms with Gasteiger partial charge in [-0.25, -0.2) is 4.39 Å². The zero-order valence-corrected chi connectivity index (χ0v) is 13.8. The van der Waals surface area contributed by atoms with Gasteiger partial charge in [0, 0.05) is 23.6 Å². The smallest absolute Gasteiger partial charge is 0.239 e. The van der Waals surface area contributed by atoms with Crippen LogP contribution in [0.1, 0.15) is 19.4 Å². The van der Waals surface area contributed by atoms with Crippen LogP contribution in [0.25, 0.3) is 0 Å². The van der Waals surface area contributed by atoms with E-state index in [1.807, 2.05) is 24.8 Å². The molecule has 1 aliphatic heterocycles. The van der Waals surface area contributed by atoms with Gasteiger partial charge in [-0.1, -0.05) is 15.9 Å². The van der Waals surface area contributed by atoms with Crippen molar-refractivity contribution < 1.29 is 13.9 Å². The van der Waals surface area contributed by atoms with E-state index in [2.05, 4.69) is 21.2 Å². The lowest BCUT2D eigenvalue weighted by Gasteiger charge is -2.35. The van der Waals surface area contributed by atoms with Gasteiger partial charge in [0.2, 0.25) is 5.91 Å². The van der Waals surface area contributed by atoms with Crippen molar-refractivity contribution in [3.63, 3.8) is 0 Å². The quantitative estimate of drug-likeness (QED) is 0.897. The SMILES string of the molecule is CC(C)NC(=O)C1COCCN1Cc1cc(F)cc(Br)c1. The second-order valence-corrected chi connectivity index (χ2v) is 6.42. The summed E-state index contributed by atoms with van der Waals surface area (Å²) >= 11 is 3.29. The molecule has 1 atom stereocenters. The van der Waals surface area contributed by atoms with Crippen LogP contribution in [0.2, 0.25) is 0 Å². The van der Waals surface area contributed by atoms with Crippen LogP contribution < -0.4 is 5.32 Å². The molecule has 1 aromatic rings. The van der Waals surface area contributed by atoms with Crippen LogP contribution >= 0.6 is 15.9 Å². The first kappa shape index (κ1) is 16.4. The standard InChI is InChI=1S/C15H20BrFN2O2/c1-10(2)18-15(20)14-9-21-4-3-19(14)8-11-5-12(16)7-13(17)6-11/h5-7,10,14H,3-4,8-9H2,1-2H3,(H,18,20). The van der Waals surface area contributed by atoms with Gasteiger partial charge >= 0.3 is 0 Å². The van der Waals surface area contributed by atoms with Crippen LogP contribution in [-0.2, 0) is 16.1 Å². The van der Waals surface area contributed by atoms with E-state index < -0.39 is 0 Å². The lowest BCUT2D eigenvalue weighted by atomic mass is 10.1. The fourth-order valence-electron chi connectivity index (χ4n) is 2.39. The van der Waals surface area contributed by atoms with E-state index in [1.165, 1.54) is 12.1 Å². The number of ether oxygens (including phenoxy) is 1. The van der Waals surface area contributed by atoms with Crippen molar-refractivity contribution in [2.45, 2.75) is 32.5 Å². The molecule has 0 saturated carbocycles. The molecule has 116 valence electrons. The second kappa shape index (κ2) is 7.33. The summed E-state index contributed by atoms with van der Waals surface area (Å²) in [4.78, 5) is 14.3. The van der Waals surface area contributed by atoms with Crippen molar-refractivity contribution in [3.8, 4) is 0 Å². The lowest BCUT2D eigenvalue weighted by Crippen LogP contribution is -2.54. The average molecular weight is 359 g/mol. The minimum Gasteiger partial charge on any atom is -0.378 e. The Morgan fingerprint density at radius 2 is 2.29 bits per heavy atom. The number of nitrogens with zero attached hydrogens (tertiary/aromatic N) is 1. The van der Waals surface area contributed by atoms with Crippen molar-refractivity contribution in [1.29, 1.82) is 0 Å². The van der Waals surface area contributed by atoms with Crippen molar-refractivity contribution in [2.75, 3.05) is 19.8 Å². The molecular formula is C15H20BrFN2O2. The molecule has 4 nitrogen and oxygen atoms in total. The van der Waals surface area contributed by atoms with E-state index in [0.29, 0.717) is 30.8 Å². The first-order valence-electron chi connectivity index (χ1n) is 7.03. The Hall–Kier alpha value is -0.980. The zero-order valence-electron chi connectivity index (χ0n) is 12.2. The molecule has 1 aromatic carbocycles. The number of nitrogens with one attached hydrogen (secondary N) is 1. The van der Waals surface area contributed by atoms with Gasteiger partial charge in [0.1, 0.15) is 11.9 Å². The van der Waals surface area contributed by atoms with E-state index in [0.717, 1.165) is 5.56 Å². The van der Waals surface area contributed by atoms with E-state index in [4.69, 9.17) is 4.74 Å². The number of carbonyl (C=O) groups is 1. The minimum atomic E-state index is -0.330. The third-order valence-corrected chi connectivity index (χ3v) is 3.74. The third-order valence-electron chi connectivity index (χ3n) is 3.28. The second-order valence-electron chi connectivity index (χ2n) is 5.50. The predicted molar refractivity (Wildman–Crippen MR) is 82.4 cm³/mol. The predicted octanol–water partition coefficient (Wildman–Crippen LogP) is 2.31. The molecule has 1 heterocycles. The summed E-state index contributed by atoms with van der Waals surface area (Å²) in [5.41, 5.74) is 0.839. The van der Waals surface area contributed by atoms with Crippen molar-refractivity contribution in [3.05, 3.63) is 34.1 Å². The number of hydrogen-bond donors (Lipinski definition) is 1. The van der Waals surface area contributed by atoms with Crippen LogP contribution in [0.4, 0.5) is 4.39 Å². The molecule has 6 heteroatoms. The molecule has 1 aliphatic rings. The number of rotatable bonds is 4. The largest absolute Gasteiger partial charge is 0.378 e. The molecule has 0 aromatic heterocycles. The van der Waals surface area contributed by atoms with Crippen LogP contribution in [0.3, 0.4) is 0 Å². The Morgan fingerprint density at radius 1 is 1.52 bits per heavy atom. The summed E-state index contributed by atoms with van der Waals surface area (Å²) in [5.74, 6) is -0.323. The fourth-order valence-corrected chi connectivity index (χ4v) is 2.90. The van der Waals surface area contributed by atoms with Gasteiger partial charge in [-0.15, -0.1) is 0 Å². The number of morpholine rings is 1. The molecule has 1 amide bonds. The number of carbonyl (C=O) groups excluding carboxylic acids is 1. The normalized spacial score (nSPS) is 19.8.